The molecule has 1 aromatic heterocycles. The summed E-state index contributed by atoms with van der Waals surface area (Å²) in [4.78, 5) is 0. The Morgan fingerprint density at radius 2 is 1.85 bits per heavy atom. The van der Waals surface area contributed by atoms with Crippen molar-refractivity contribution in [1.29, 1.82) is 0 Å². The van der Waals surface area contributed by atoms with Gasteiger partial charge in [0.25, 0.3) is 0 Å². The van der Waals surface area contributed by atoms with Crippen LogP contribution in [-0.4, -0.2) is 34.0 Å². The molecule has 0 amide bonds. The summed E-state index contributed by atoms with van der Waals surface area (Å²) in [5, 5.41) is 13.9. The van der Waals surface area contributed by atoms with Gasteiger partial charge in [0.2, 0.25) is 5.16 Å². The molecular weight excluding hydrogens is 356 g/mol. The lowest BCUT2D eigenvalue weighted by Gasteiger charge is -2.05. The minimum Gasteiger partial charge on any atom is -0.494 e. The van der Waals surface area contributed by atoms with Crippen LogP contribution >= 0.6 is 11.8 Å². The summed E-state index contributed by atoms with van der Waals surface area (Å²) in [5.74, 6) is 1.71. The van der Waals surface area contributed by atoms with Gasteiger partial charge >= 0.3 is 0 Å². The van der Waals surface area contributed by atoms with Crippen molar-refractivity contribution in [3.8, 4) is 5.75 Å². The van der Waals surface area contributed by atoms with Gasteiger partial charge in [-0.15, -0.1) is 10.2 Å². The van der Waals surface area contributed by atoms with Gasteiger partial charge < -0.3 is 4.74 Å². The van der Waals surface area contributed by atoms with Crippen molar-refractivity contribution in [1.82, 2.24) is 14.9 Å². The molecule has 0 aliphatic heterocycles. The Morgan fingerprint density at radius 3 is 2.56 bits per heavy atom. The Labute approximate surface area is 164 Å². The predicted molar refractivity (Wildman–Crippen MR) is 111 cm³/mol. The Morgan fingerprint density at radius 1 is 1.07 bits per heavy atom. The molecule has 0 radical (unpaired) electrons. The van der Waals surface area contributed by atoms with Crippen LogP contribution in [0.1, 0.15) is 36.7 Å². The molecule has 3 aromatic rings. The summed E-state index contributed by atoms with van der Waals surface area (Å²) in [5.41, 5.74) is 2.19. The molecule has 27 heavy (non-hydrogen) atoms. The van der Waals surface area contributed by atoms with Crippen molar-refractivity contribution in [3.05, 3.63) is 71.5 Å². The van der Waals surface area contributed by atoms with Crippen LogP contribution in [0, 0.1) is 0 Å². The van der Waals surface area contributed by atoms with Crippen LogP contribution in [0.3, 0.4) is 0 Å². The number of thioether (sulfide) groups is 1. The van der Waals surface area contributed by atoms with E-state index < -0.39 is 0 Å². The molecule has 0 atom stereocenters. The first-order valence-corrected chi connectivity index (χ1v) is 10.3. The number of unbranched alkanes of at least 4 members (excludes halogenated alkanes) is 1. The zero-order valence-corrected chi connectivity index (χ0v) is 16.5. The first kappa shape index (κ1) is 19.2. The Hall–Kier alpha value is -2.60. The molecular formula is C21H24N4OS. The van der Waals surface area contributed by atoms with Gasteiger partial charge in [-0.25, -0.2) is 0 Å². The Kier molecular flexibility index (Phi) is 7.04. The molecule has 5 nitrogen and oxygen atoms in total. The Balaban J connectivity index is 1.73. The quantitative estimate of drug-likeness (QED) is 0.308. The van der Waals surface area contributed by atoms with E-state index in [2.05, 4.69) is 34.4 Å². The van der Waals surface area contributed by atoms with E-state index in [0.717, 1.165) is 41.7 Å². The second-order valence-corrected chi connectivity index (χ2v) is 6.87. The van der Waals surface area contributed by atoms with Crippen molar-refractivity contribution in [3.63, 3.8) is 0 Å². The van der Waals surface area contributed by atoms with Crippen LogP contribution in [0.4, 0.5) is 0 Å². The topological polar surface area (TPSA) is 52.3 Å². The van der Waals surface area contributed by atoms with E-state index in [9.17, 15) is 0 Å². The molecule has 0 bridgehead atoms. The molecule has 2 aromatic carbocycles. The van der Waals surface area contributed by atoms with Crippen molar-refractivity contribution in [2.24, 2.45) is 5.10 Å². The highest BCUT2D eigenvalue weighted by molar-refractivity contribution is 7.98. The fraction of sp³-hybridized carbons (Fsp3) is 0.286. The zero-order chi connectivity index (χ0) is 18.9. The van der Waals surface area contributed by atoms with Gasteiger partial charge in [0.15, 0.2) is 5.82 Å². The van der Waals surface area contributed by atoms with Crippen molar-refractivity contribution in [2.45, 2.75) is 31.3 Å². The van der Waals surface area contributed by atoms with Gasteiger partial charge in [-0.1, -0.05) is 55.4 Å². The second kappa shape index (κ2) is 9.92. The molecule has 0 N–H and O–H groups in total. The number of aromatic nitrogens is 3. The van der Waals surface area contributed by atoms with E-state index in [1.165, 1.54) is 17.3 Å². The average Bonchev–Trinajstić information content (AvgIpc) is 3.10. The Bertz CT molecular complexity index is 860. The van der Waals surface area contributed by atoms with E-state index in [1.54, 1.807) is 0 Å². The number of ether oxygens (including phenoxy) is 1. The average molecular weight is 381 g/mol. The molecule has 0 unspecified atom stereocenters. The molecule has 1 heterocycles. The van der Waals surface area contributed by atoms with Gasteiger partial charge in [0, 0.05) is 6.42 Å². The minimum atomic E-state index is 0.690. The number of hydrogen-bond donors (Lipinski definition) is 0. The summed E-state index contributed by atoms with van der Waals surface area (Å²) in [6, 6.07) is 18.2. The van der Waals surface area contributed by atoms with Gasteiger partial charge in [-0.3, -0.25) is 0 Å². The first-order valence-electron chi connectivity index (χ1n) is 9.09. The minimum absolute atomic E-state index is 0.690. The standard InChI is InChI=1S/C21H24N4OS/c1-3-4-14-26-19-12-10-18(11-13-19)16-22-25-20(23-24-21(25)27-2)15-17-8-6-5-7-9-17/h5-13,16H,3-4,14-15H2,1-2H3/b22-16-. The van der Waals surface area contributed by atoms with Crippen molar-refractivity contribution >= 4 is 18.0 Å². The summed E-state index contributed by atoms with van der Waals surface area (Å²) in [6.07, 6.45) is 6.69. The number of nitrogens with zero attached hydrogens (tertiary/aromatic N) is 4. The lowest BCUT2D eigenvalue weighted by molar-refractivity contribution is 0.309. The highest BCUT2D eigenvalue weighted by Gasteiger charge is 2.11. The maximum Gasteiger partial charge on any atom is 0.211 e. The molecule has 6 heteroatoms. The highest BCUT2D eigenvalue weighted by Crippen LogP contribution is 2.17. The summed E-state index contributed by atoms with van der Waals surface area (Å²) in [7, 11) is 0. The van der Waals surface area contributed by atoms with Gasteiger partial charge in [-0.2, -0.15) is 9.78 Å². The van der Waals surface area contributed by atoms with Gasteiger partial charge in [0.1, 0.15) is 5.75 Å². The SMILES string of the molecule is CCCCOc1ccc(/C=N\n2c(Cc3ccccc3)nnc2SC)cc1. The third-order valence-electron chi connectivity index (χ3n) is 4.03. The molecule has 140 valence electrons. The molecule has 0 aliphatic rings. The number of rotatable bonds is 9. The normalized spacial score (nSPS) is 11.2. The molecule has 0 saturated heterocycles. The third-order valence-corrected chi connectivity index (χ3v) is 4.65. The van der Waals surface area contributed by atoms with E-state index in [-0.39, 0.29) is 0 Å². The summed E-state index contributed by atoms with van der Waals surface area (Å²) < 4.78 is 7.51. The smallest absolute Gasteiger partial charge is 0.211 e. The fourth-order valence-corrected chi connectivity index (χ4v) is 2.98. The largest absolute Gasteiger partial charge is 0.494 e. The van der Waals surface area contributed by atoms with E-state index in [1.807, 2.05) is 59.6 Å². The van der Waals surface area contributed by atoms with E-state index in [0.29, 0.717) is 6.42 Å². The van der Waals surface area contributed by atoms with Crippen LogP contribution in [-0.2, 0) is 6.42 Å². The lowest BCUT2D eigenvalue weighted by atomic mass is 10.1. The maximum atomic E-state index is 5.70. The molecule has 0 saturated carbocycles. The monoisotopic (exact) mass is 380 g/mol. The van der Waals surface area contributed by atoms with Crippen LogP contribution in [0.15, 0.2) is 64.9 Å². The van der Waals surface area contributed by atoms with E-state index >= 15 is 0 Å². The molecule has 3 rings (SSSR count). The van der Waals surface area contributed by atoms with Gasteiger partial charge in [-0.05, 0) is 48.1 Å². The third kappa shape index (κ3) is 5.44. The second-order valence-electron chi connectivity index (χ2n) is 6.09. The van der Waals surface area contributed by atoms with Crippen LogP contribution in [0.25, 0.3) is 0 Å². The molecule has 0 spiro atoms. The van der Waals surface area contributed by atoms with Crippen LogP contribution in [0.2, 0.25) is 0 Å². The van der Waals surface area contributed by atoms with Crippen LogP contribution in [0.5, 0.6) is 5.75 Å². The fourth-order valence-electron chi connectivity index (χ4n) is 2.54. The van der Waals surface area contributed by atoms with E-state index in [4.69, 9.17) is 4.74 Å². The summed E-state index contributed by atoms with van der Waals surface area (Å²) >= 11 is 1.53. The maximum absolute atomic E-state index is 5.70. The predicted octanol–water partition coefficient (Wildman–Crippen LogP) is 4.65. The lowest BCUT2D eigenvalue weighted by Crippen LogP contribution is -2.01. The summed E-state index contributed by atoms with van der Waals surface area (Å²) in [6.45, 7) is 2.91. The number of benzene rings is 2. The zero-order valence-electron chi connectivity index (χ0n) is 15.7. The van der Waals surface area contributed by atoms with Crippen LogP contribution < -0.4 is 4.74 Å². The van der Waals surface area contributed by atoms with Gasteiger partial charge in [0.05, 0.1) is 12.8 Å². The highest BCUT2D eigenvalue weighted by atomic mass is 32.2. The first-order chi connectivity index (χ1) is 13.3. The van der Waals surface area contributed by atoms with Crippen molar-refractivity contribution in [2.75, 3.05) is 12.9 Å². The molecule has 0 aliphatic carbocycles. The van der Waals surface area contributed by atoms with Crippen molar-refractivity contribution < 1.29 is 4.74 Å². The number of hydrogen-bond acceptors (Lipinski definition) is 5. The molecule has 0 fully saturated rings.